The highest BCUT2D eigenvalue weighted by molar-refractivity contribution is 5.41. The molecule has 0 heterocycles. The van der Waals surface area contributed by atoms with Gasteiger partial charge in [-0.2, -0.15) is 0 Å². The van der Waals surface area contributed by atoms with E-state index in [1.807, 2.05) is 49.4 Å². The molecule has 0 aliphatic heterocycles. The Morgan fingerprint density at radius 1 is 0.833 bits per heavy atom. The van der Waals surface area contributed by atoms with Crippen LogP contribution in [0.25, 0.3) is 0 Å². The first-order valence-electron chi connectivity index (χ1n) is 6.16. The van der Waals surface area contributed by atoms with Crippen molar-refractivity contribution in [2.75, 3.05) is 11.5 Å². The van der Waals surface area contributed by atoms with Crippen molar-refractivity contribution < 1.29 is 0 Å². The zero-order valence-corrected chi connectivity index (χ0v) is 11.4. The van der Waals surface area contributed by atoms with E-state index in [1.54, 1.807) is 0 Å². The molecular formula is C16H22N2. The second-order valence-electron chi connectivity index (χ2n) is 4.74. The van der Waals surface area contributed by atoms with Gasteiger partial charge in [-0.25, -0.2) is 0 Å². The van der Waals surface area contributed by atoms with Crippen molar-refractivity contribution in [3.8, 4) is 0 Å². The molecule has 0 unspecified atom stereocenters. The molecule has 0 fully saturated rings. The van der Waals surface area contributed by atoms with E-state index in [2.05, 4.69) is 19.9 Å². The van der Waals surface area contributed by atoms with Gasteiger partial charge in [-0.15, -0.1) is 0 Å². The van der Waals surface area contributed by atoms with Crippen LogP contribution in [0.4, 0.5) is 11.4 Å². The summed E-state index contributed by atoms with van der Waals surface area (Å²) >= 11 is 0. The summed E-state index contributed by atoms with van der Waals surface area (Å²) in [7, 11) is 0. The molecule has 0 spiro atoms. The molecule has 2 heteroatoms. The van der Waals surface area contributed by atoms with Crippen LogP contribution < -0.4 is 11.5 Å². The number of aryl methyl sites for hydroxylation is 1. The molecular weight excluding hydrogens is 220 g/mol. The van der Waals surface area contributed by atoms with Crippen LogP contribution >= 0.6 is 0 Å². The fraction of sp³-hybridized carbons (Fsp3) is 0.250. The van der Waals surface area contributed by atoms with Gasteiger partial charge in [0.1, 0.15) is 0 Å². The van der Waals surface area contributed by atoms with Crippen LogP contribution in [0.5, 0.6) is 0 Å². The van der Waals surface area contributed by atoms with Gasteiger partial charge in [-0.3, -0.25) is 0 Å². The first-order chi connectivity index (χ1) is 8.49. The second kappa shape index (κ2) is 6.70. The highest BCUT2D eigenvalue weighted by Gasteiger charge is 1.96. The van der Waals surface area contributed by atoms with Crippen molar-refractivity contribution in [3.05, 3.63) is 59.7 Å². The molecule has 0 saturated heterocycles. The normalized spacial score (nSPS) is 9.78. The molecule has 0 radical (unpaired) electrons. The average Bonchev–Trinajstić information content (AvgIpc) is 2.29. The predicted molar refractivity (Wildman–Crippen MR) is 80.5 cm³/mol. The minimum Gasteiger partial charge on any atom is -0.399 e. The van der Waals surface area contributed by atoms with Crippen LogP contribution in [0.15, 0.2) is 48.5 Å². The van der Waals surface area contributed by atoms with Gasteiger partial charge in [-0.1, -0.05) is 38.1 Å². The summed E-state index contributed by atoms with van der Waals surface area (Å²) in [5, 5.41) is 0. The molecule has 0 amide bonds. The lowest BCUT2D eigenvalue weighted by atomic mass is 10.0. The summed E-state index contributed by atoms with van der Waals surface area (Å²) in [6, 6.07) is 15.8. The lowest BCUT2D eigenvalue weighted by molar-refractivity contribution is 0.867. The van der Waals surface area contributed by atoms with E-state index < -0.39 is 0 Å². The van der Waals surface area contributed by atoms with Crippen molar-refractivity contribution in [3.63, 3.8) is 0 Å². The van der Waals surface area contributed by atoms with Gasteiger partial charge in [0, 0.05) is 11.4 Å². The molecule has 2 rings (SSSR count). The molecule has 0 aliphatic rings. The largest absolute Gasteiger partial charge is 0.399 e. The number of hydrogen-bond donors (Lipinski definition) is 2. The molecule has 0 aliphatic carbocycles. The van der Waals surface area contributed by atoms with Gasteiger partial charge in [0.05, 0.1) is 0 Å². The summed E-state index contributed by atoms with van der Waals surface area (Å²) < 4.78 is 0. The van der Waals surface area contributed by atoms with Crippen LogP contribution in [-0.4, -0.2) is 0 Å². The standard InChI is InChI=1S/C9H13N.C7H9N/c1-7(2)8-4-3-5-9(10)6-8;1-6-3-2-4-7(8)5-6/h3-7H,10H2,1-2H3;2-5H,8H2,1H3. The van der Waals surface area contributed by atoms with E-state index >= 15 is 0 Å². The summed E-state index contributed by atoms with van der Waals surface area (Å²) in [5.41, 5.74) is 15.3. The second-order valence-corrected chi connectivity index (χ2v) is 4.74. The highest BCUT2D eigenvalue weighted by Crippen LogP contribution is 2.15. The fourth-order valence-corrected chi connectivity index (χ4v) is 1.59. The number of nitrogens with two attached hydrogens (primary N) is 2. The zero-order valence-electron chi connectivity index (χ0n) is 11.4. The molecule has 0 atom stereocenters. The Labute approximate surface area is 110 Å². The number of anilines is 2. The maximum atomic E-state index is 5.60. The predicted octanol–water partition coefficient (Wildman–Crippen LogP) is 3.97. The third-order valence-electron chi connectivity index (χ3n) is 2.62. The van der Waals surface area contributed by atoms with Crippen molar-refractivity contribution in [1.82, 2.24) is 0 Å². The highest BCUT2D eigenvalue weighted by atomic mass is 14.5. The van der Waals surface area contributed by atoms with Crippen molar-refractivity contribution >= 4 is 11.4 Å². The van der Waals surface area contributed by atoms with Crippen molar-refractivity contribution in [1.29, 1.82) is 0 Å². The van der Waals surface area contributed by atoms with Crippen LogP contribution in [0.2, 0.25) is 0 Å². The molecule has 18 heavy (non-hydrogen) atoms. The van der Waals surface area contributed by atoms with Crippen LogP contribution in [-0.2, 0) is 0 Å². The van der Waals surface area contributed by atoms with E-state index in [-0.39, 0.29) is 0 Å². The number of hydrogen-bond acceptors (Lipinski definition) is 2. The zero-order chi connectivity index (χ0) is 13.5. The van der Waals surface area contributed by atoms with E-state index in [1.165, 1.54) is 11.1 Å². The third-order valence-corrected chi connectivity index (χ3v) is 2.62. The number of nitrogen functional groups attached to an aromatic ring is 2. The van der Waals surface area contributed by atoms with Gasteiger partial charge in [0.2, 0.25) is 0 Å². The maximum Gasteiger partial charge on any atom is 0.0316 e. The summed E-state index contributed by atoms with van der Waals surface area (Å²) in [6.07, 6.45) is 0. The minimum atomic E-state index is 0.573. The van der Waals surface area contributed by atoms with Gasteiger partial charge in [0.25, 0.3) is 0 Å². The topological polar surface area (TPSA) is 52.0 Å². The van der Waals surface area contributed by atoms with Gasteiger partial charge >= 0.3 is 0 Å². The minimum absolute atomic E-state index is 0.573. The number of rotatable bonds is 1. The maximum absolute atomic E-state index is 5.60. The van der Waals surface area contributed by atoms with Crippen LogP contribution in [0.1, 0.15) is 30.9 Å². The van der Waals surface area contributed by atoms with Crippen molar-refractivity contribution in [2.45, 2.75) is 26.7 Å². The van der Waals surface area contributed by atoms with Crippen LogP contribution in [0.3, 0.4) is 0 Å². The Morgan fingerprint density at radius 3 is 1.72 bits per heavy atom. The van der Waals surface area contributed by atoms with E-state index in [4.69, 9.17) is 11.5 Å². The molecule has 2 aromatic carbocycles. The van der Waals surface area contributed by atoms with E-state index in [0.717, 1.165) is 11.4 Å². The van der Waals surface area contributed by atoms with Crippen molar-refractivity contribution in [2.24, 2.45) is 0 Å². The summed E-state index contributed by atoms with van der Waals surface area (Å²) in [5.74, 6) is 0.573. The fourth-order valence-electron chi connectivity index (χ4n) is 1.59. The Morgan fingerprint density at radius 2 is 1.39 bits per heavy atom. The molecule has 2 aromatic rings. The summed E-state index contributed by atoms with van der Waals surface area (Å²) in [6.45, 7) is 6.35. The molecule has 0 aromatic heterocycles. The Hall–Kier alpha value is -1.96. The monoisotopic (exact) mass is 242 g/mol. The van der Waals surface area contributed by atoms with Gasteiger partial charge < -0.3 is 11.5 Å². The lowest BCUT2D eigenvalue weighted by Gasteiger charge is -2.04. The first kappa shape index (κ1) is 14.1. The Kier molecular flexibility index (Phi) is 5.25. The average molecular weight is 242 g/mol. The molecule has 96 valence electrons. The van der Waals surface area contributed by atoms with Crippen LogP contribution in [0, 0.1) is 6.92 Å². The molecule has 0 saturated carbocycles. The number of benzene rings is 2. The quantitative estimate of drug-likeness (QED) is 0.743. The SMILES string of the molecule is CC(C)c1cccc(N)c1.Cc1cccc(N)c1. The van der Waals surface area contributed by atoms with Gasteiger partial charge in [0.15, 0.2) is 0 Å². The summed E-state index contributed by atoms with van der Waals surface area (Å²) in [4.78, 5) is 0. The van der Waals surface area contributed by atoms with E-state index in [9.17, 15) is 0 Å². The first-order valence-corrected chi connectivity index (χ1v) is 6.16. The third kappa shape index (κ3) is 4.91. The van der Waals surface area contributed by atoms with Gasteiger partial charge in [-0.05, 0) is 48.2 Å². The molecule has 0 bridgehead atoms. The lowest BCUT2D eigenvalue weighted by Crippen LogP contribution is -1.89. The smallest absolute Gasteiger partial charge is 0.0316 e. The Balaban J connectivity index is 0.000000184. The molecule has 4 N–H and O–H groups in total. The Bertz CT molecular complexity index is 473. The molecule has 2 nitrogen and oxygen atoms in total. The van der Waals surface area contributed by atoms with E-state index in [0.29, 0.717) is 5.92 Å².